The van der Waals surface area contributed by atoms with Gasteiger partial charge in [-0.05, 0) is 19.1 Å². The number of hydrogen-bond donors (Lipinski definition) is 3. The zero-order valence-electron chi connectivity index (χ0n) is 9.66. The number of hydrogen-bond acceptors (Lipinski definition) is 3. The van der Waals surface area contributed by atoms with Crippen LogP contribution in [0, 0.1) is 0 Å². The minimum Gasteiger partial charge on any atom is -0.497 e. The summed E-state index contributed by atoms with van der Waals surface area (Å²) in [6.45, 7) is 1.57. The van der Waals surface area contributed by atoms with Crippen molar-refractivity contribution in [2.24, 2.45) is 0 Å². The molecule has 17 heavy (non-hydrogen) atoms. The maximum Gasteiger partial charge on any atom is 0.319 e. The minimum absolute atomic E-state index is 0.121. The summed E-state index contributed by atoms with van der Waals surface area (Å²) in [5, 5.41) is 14.3. The number of urea groups is 1. The average Bonchev–Trinajstić information content (AvgIpc) is 2.31. The number of aliphatic hydroxyl groups excluding tert-OH is 1. The number of anilines is 1. The van der Waals surface area contributed by atoms with Crippen LogP contribution in [0.4, 0.5) is 10.5 Å². The Labute approximate surface area is 105 Å². The quantitative estimate of drug-likeness (QED) is 0.772. The lowest BCUT2D eigenvalue weighted by atomic mass is 10.3. The molecule has 1 aromatic carbocycles. The summed E-state index contributed by atoms with van der Waals surface area (Å²) in [5.41, 5.74) is 0.482. The van der Waals surface area contributed by atoms with Crippen molar-refractivity contribution >= 4 is 23.3 Å². The molecule has 3 N–H and O–H groups in total. The number of carbonyl (C=O) groups excluding carboxylic acids is 1. The Morgan fingerprint density at radius 3 is 2.82 bits per heavy atom. The van der Waals surface area contributed by atoms with Gasteiger partial charge in [0.25, 0.3) is 0 Å². The number of amides is 2. The fourth-order valence-corrected chi connectivity index (χ4v) is 1.37. The maximum absolute atomic E-state index is 11.5. The van der Waals surface area contributed by atoms with E-state index in [-0.39, 0.29) is 12.6 Å². The molecule has 5 nitrogen and oxygen atoms in total. The molecule has 6 heteroatoms. The van der Waals surface area contributed by atoms with Gasteiger partial charge < -0.3 is 20.5 Å². The molecule has 0 aliphatic rings. The third-order valence-electron chi connectivity index (χ3n) is 2.08. The monoisotopic (exact) mass is 258 g/mol. The number of benzene rings is 1. The van der Waals surface area contributed by atoms with Gasteiger partial charge in [0.05, 0.1) is 30.5 Å². The van der Waals surface area contributed by atoms with E-state index in [0.717, 1.165) is 0 Å². The number of rotatable bonds is 4. The summed E-state index contributed by atoms with van der Waals surface area (Å²) in [5.74, 6) is 0.615. The number of nitrogens with one attached hydrogen (secondary N) is 2. The Kier molecular flexibility index (Phi) is 5.06. The Bertz CT molecular complexity index is 398. The highest BCUT2D eigenvalue weighted by atomic mass is 35.5. The third kappa shape index (κ3) is 4.13. The van der Waals surface area contributed by atoms with E-state index in [0.29, 0.717) is 16.5 Å². The second-order valence-corrected chi connectivity index (χ2v) is 3.94. The topological polar surface area (TPSA) is 70.6 Å². The lowest BCUT2D eigenvalue weighted by Crippen LogP contribution is -2.38. The van der Waals surface area contributed by atoms with Crippen LogP contribution in [0.25, 0.3) is 0 Å². The molecule has 0 unspecified atom stereocenters. The highest BCUT2D eigenvalue weighted by molar-refractivity contribution is 6.33. The van der Waals surface area contributed by atoms with Crippen LogP contribution < -0.4 is 15.4 Å². The lowest BCUT2D eigenvalue weighted by molar-refractivity contribution is 0.229. The molecule has 0 aromatic heterocycles. The average molecular weight is 259 g/mol. The van der Waals surface area contributed by atoms with Crippen LogP contribution in [0.1, 0.15) is 6.92 Å². The molecule has 1 aromatic rings. The molecule has 0 fully saturated rings. The summed E-state index contributed by atoms with van der Waals surface area (Å²) in [6, 6.07) is 4.21. The van der Waals surface area contributed by atoms with E-state index in [1.54, 1.807) is 25.1 Å². The van der Waals surface area contributed by atoms with Crippen molar-refractivity contribution in [3.05, 3.63) is 23.2 Å². The van der Waals surface area contributed by atoms with Crippen LogP contribution in [-0.4, -0.2) is 30.9 Å². The fourth-order valence-electron chi connectivity index (χ4n) is 1.15. The second kappa shape index (κ2) is 6.32. The van der Waals surface area contributed by atoms with Crippen molar-refractivity contribution in [3.8, 4) is 5.75 Å². The van der Waals surface area contributed by atoms with Crippen LogP contribution in [0.3, 0.4) is 0 Å². The molecule has 0 heterocycles. The molecule has 0 bridgehead atoms. The van der Waals surface area contributed by atoms with E-state index in [1.807, 2.05) is 0 Å². The van der Waals surface area contributed by atoms with Crippen LogP contribution in [-0.2, 0) is 0 Å². The molecule has 94 valence electrons. The first-order valence-electron chi connectivity index (χ1n) is 5.08. The Hall–Kier alpha value is -1.46. The van der Waals surface area contributed by atoms with Crippen molar-refractivity contribution < 1.29 is 14.6 Å². The number of aliphatic hydroxyl groups is 1. The predicted molar refractivity (Wildman–Crippen MR) is 66.7 cm³/mol. The SMILES string of the molecule is COc1ccc(NC(=O)N[C@@H](C)CO)c(Cl)c1. The first-order chi connectivity index (χ1) is 8.06. The highest BCUT2D eigenvalue weighted by Crippen LogP contribution is 2.26. The molecule has 0 saturated carbocycles. The van der Waals surface area contributed by atoms with Crippen molar-refractivity contribution in [2.45, 2.75) is 13.0 Å². The second-order valence-electron chi connectivity index (χ2n) is 3.53. The number of halogens is 1. The van der Waals surface area contributed by atoms with E-state index < -0.39 is 6.03 Å². The predicted octanol–water partition coefficient (Wildman–Crippen LogP) is 1.85. The number of carbonyl (C=O) groups is 1. The van der Waals surface area contributed by atoms with Gasteiger partial charge in [0.1, 0.15) is 5.75 Å². The van der Waals surface area contributed by atoms with E-state index in [1.165, 1.54) is 7.11 Å². The summed E-state index contributed by atoms with van der Waals surface area (Å²) in [4.78, 5) is 11.5. The van der Waals surface area contributed by atoms with E-state index >= 15 is 0 Å². The molecule has 0 aliphatic heterocycles. The maximum atomic E-state index is 11.5. The summed E-state index contributed by atoms with van der Waals surface area (Å²) < 4.78 is 4.99. The molecule has 0 saturated heterocycles. The number of methoxy groups -OCH3 is 1. The molecule has 0 radical (unpaired) electrons. The zero-order chi connectivity index (χ0) is 12.8. The summed E-state index contributed by atoms with van der Waals surface area (Å²) >= 11 is 5.95. The molecule has 0 spiro atoms. The third-order valence-corrected chi connectivity index (χ3v) is 2.39. The van der Waals surface area contributed by atoms with Crippen LogP contribution in [0.15, 0.2) is 18.2 Å². The van der Waals surface area contributed by atoms with Crippen molar-refractivity contribution in [3.63, 3.8) is 0 Å². The summed E-state index contributed by atoms with van der Waals surface area (Å²) in [6.07, 6.45) is 0. The van der Waals surface area contributed by atoms with Gasteiger partial charge in [0.2, 0.25) is 0 Å². The van der Waals surface area contributed by atoms with Crippen molar-refractivity contribution in [2.75, 3.05) is 19.0 Å². The van der Waals surface area contributed by atoms with Gasteiger partial charge in [0.15, 0.2) is 0 Å². The lowest BCUT2D eigenvalue weighted by Gasteiger charge is -2.13. The largest absolute Gasteiger partial charge is 0.497 e. The molecular formula is C11H15ClN2O3. The normalized spacial score (nSPS) is 11.8. The van der Waals surface area contributed by atoms with Crippen LogP contribution >= 0.6 is 11.6 Å². The van der Waals surface area contributed by atoms with E-state index in [9.17, 15) is 4.79 Å². The van der Waals surface area contributed by atoms with Gasteiger partial charge in [-0.25, -0.2) is 4.79 Å². The Morgan fingerprint density at radius 1 is 1.59 bits per heavy atom. The van der Waals surface area contributed by atoms with Gasteiger partial charge in [-0.1, -0.05) is 11.6 Å². The van der Waals surface area contributed by atoms with Crippen molar-refractivity contribution in [1.82, 2.24) is 5.32 Å². The van der Waals surface area contributed by atoms with Gasteiger partial charge in [-0.3, -0.25) is 0 Å². The smallest absolute Gasteiger partial charge is 0.319 e. The zero-order valence-corrected chi connectivity index (χ0v) is 10.4. The van der Waals surface area contributed by atoms with Crippen molar-refractivity contribution in [1.29, 1.82) is 0 Å². The van der Waals surface area contributed by atoms with Gasteiger partial charge in [0, 0.05) is 6.07 Å². The van der Waals surface area contributed by atoms with E-state index in [4.69, 9.17) is 21.4 Å². The molecule has 1 rings (SSSR count). The van der Waals surface area contributed by atoms with Crippen LogP contribution in [0.2, 0.25) is 5.02 Å². The molecular weight excluding hydrogens is 244 g/mol. The minimum atomic E-state index is -0.418. The van der Waals surface area contributed by atoms with E-state index in [2.05, 4.69) is 10.6 Å². The Morgan fingerprint density at radius 2 is 2.29 bits per heavy atom. The van der Waals surface area contributed by atoms with Crippen LogP contribution in [0.5, 0.6) is 5.75 Å². The first-order valence-corrected chi connectivity index (χ1v) is 5.46. The fraction of sp³-hybridized carbons (Fsp3) is 0.364. The standard InChI is InChI=1S/C11H15ClN2O3/c1-7(6-15)13-11(16)14-10-4-3-8(17-2)5-9(10)12/h3-5,7,15H,6H2,1-2H3,(H2,13,14,16)/t7-/m0/s1. The highest BCUT2D eigenvalue weighted by Gasteiger charge is 2.08. The molecule has 1 atom stereocenters. The number of ether oxygens (including phenoxy) is 1. The van der Waals surface area contributed by atoms with Gasteiger partial charge in [-0.2, -0.15) is 0 Å². The molecule has 2 amide bonds. The van der Waals surface area contributed by atoms with Gasteiger partial charge >= 0.3 is 6.03 Å². The molecule has 0 aliphatic carbocycles. The summed E-state index contributed by atoms with van der Waals surface area (Å²) in [7, 11) is 1.54. The van der Waals surface area contributed by atoms with Gasteiger partial charge in [-0.15, -0.1) is 0 Å². The first kappa shape index (κ1) is 13.6. The Balaban J connectivity index is 2.65.